The first-order chi connectivity index (χ1) is 13.1. The smallest absolute Gasteiger partial charge is 0.293 e. The minimum absolute atomic E-state index is 0.111. The average Bonchev–Trinajstić information content (AvgIpc) is 2.67. The third-order valence-corrected chi connectivity index (χ3v) is 4.35. The highest BCUT2D eigenvalue weighted by molar-refractivity contribution is 9.10. The molecule has 0 bridgehead atoms. The number of hydrogen-bond donors (Lipinski definition) is 1. The van der Waals surface area contributed by atoms with Gasteiger partial charge in [0.2, 0.25) is 4.77 Å². The van der Waals surface area contributed by atoms with Crippen LogP contribution in [0.15, 0.2) is 63.0 Å². The standard InChI is InChI=1S/C18H15BrN4O3S/c1-25-16-8-13(9-21-23-17(24)10-20-22-18(23)27)4-7-15(16)26-11-12-2-5-14(19)6-3-12/h2-10H,11H2,1H3,(H,22,27)/b21-9+. The molecule has 1 aromatic heterocycles. The predicted octanol–water partition coefficient (Wildman–Crippen LogP) is 3.53. The molecule has 0 spiro atoms. The van der Waals surface area contributed by atoms with Gasteiger partial charge in [-0.2, -0.15) is 14.9 Å². The molecule has 3 rings (SSSR count). The summed E-state index contributed by atoms with van der Waals surface area (Å²) < 4.78 is 13.4. The number of hydrogen-bond acceptors (Lipinski definition) is 6. The largest absolute Gasteiger partial charge is 0.493 e. The van der Waals surface area contributed by atoms with E-state index in [9.17, 15) is 4.79 Å². The highest BCUT2D eigenvalue weighted by atomic mass is 79.9. The zero-order valence-electron chi connectivity index (χ0n) is 14.3. The summed E-state index contributed by atoms with van der Waals surface area (Å²) in [5, 5.41) is 10.2. The van der Waals surface area contributed by atoms with Gasteiger partial charge in [0.15, 0.2) is 11.5 Å². The third-order valence-electron chi connectivity index (χ3n) is 3.55. The van der Waals surface area contributed by atoms with Gasteiger partial charge >= 0.3 is 0 Å². The summed E-state index contributed by atoms with van der Waals surface area (Å²) in [6, 6.07) is 13.2. The van der Waals surface area contributed by atoms with E-state index in [0.717, 1.165) is 26.5 Å². The van der Waals surface area contributed by atoms with E-state index >= 15 is 0 Å². The van der Waals surface area contributed by atoms with Crippen molar-refractivity contribution in [2.45, 2.75) is 6.61 Å². The van der Waals surface area contributed by atoms with Crippen LogP contribution in [0.2, 0.25) is 0 Å². The summed E-state index contributed by atoms with van der Waals surface area (Å²) in [6.07, 6.45) is 2.61. The molecule has 0 saturated carbocycles. The number of rotatable bonds is 6. The van der Waals surface area contributed by atoms with Crippen LogP contribution in [0.5, 0.6) is 11.5 Å². The van der Waals surface area contributed by atoms with E-state index in [-0.39, 0.29) is 4.77 Å². The van der Waals surface area contributed by atoms with Crippen molar-refractivity contribution in [3.8, 4) is 11.5 Å². The molecule has 27 heavy (non-hydrogen) atoms. The van der Waals surface area contributed by atoms with E-state index in [1.165, 1.54) is 6.21 Å². The first-order valence-electron chi connectivity index (χ1n) is 7.83. The van der Waals surface area contributed by atoms with Crippen molar-refractivity contribution in [2.75, 3.05) is 7.11 Å². The van der Waals surface area contributed by atoms with Gasteiger partial charge in [-0.05, 0) is 53.7 Å². The van der Waals surface area contributed by atoms with Gasteiger partial charge in [-0.15, -0.1) is 0 Å². The normalized spacial score (nSPS) is 10.9. The zero-order chi connectivity index (χ0) is 19.2. The zero-order valence-corrected chi connectivity index (χ0v) is 16.7. The van der Waals surface area contributed by atoms with E-state index in [0.29, 0.717) is 18.1 Å². The van der Waals surface area contributed by atoms with Gasteiger partial charge in [-0.3, -0.25) is 9.89 Å². The lowest BCUT2D eigenvalue weighted by Crippen LogP contribution is -2.18. The molecule has 0 aliphatic carbocycles. The molecule has 0 fully saturated rings. The molecular formula is C18H15BrN4O3S. The first kappa shape index (κ1) is 19.0. The van der Waals surface area contributed by atoms with Crippen molar-refractivity contribution in [1.82, 2.24) is 14.9 Å². The van der Waals surface area contributed by atoms with Crippen LogP contribution in [-0.4, -0.2) is 28.2 Å². The summed E-state index contributed by atoms with van der Waals surface area (Å²) in [5.41, 5.74) is 1.34. The van der Waals surface area contributed by atoms with Crippen LogP contribution in [0.4, 0.5) is 0 Å². The summed E-state index contributed by atoms with van der Waals surface area (Å²) in [5.74, 6) is 1.17. The van der Waals surface area contributed by atoms with Crippen LogP contribution >= 0.6 is 28.1 Å². The fraction of sp³-hybridized carbons (Fsp3) is 0.111. The molecule has 0 radical (unpaired) electrons. The third kappa shape index (κ3) is 4.89. The van der Waals surface area contributed by atoms with E-state index in [1.54, 1.807) is 19.2 Å². The van der Waals surface area contributed by atoms with Crippen LogP contribution in [0.25, 0.3) is 0 Å². The summed E-state index contributed by atoms with van der Waals surface area (Å²) in [7, 11) is 1.56. The lowest BCUT2D eigenvalue weighted by atomic mass is 10.2. The number of aromatic amines is 1. The van der Waals surface area contributed by atoms with Gasteiger partial charge in [-0.1, -0.05) is 28.1 Å². The minimum atomic E-state index is -0.420. The Labute approximate surface area is 168 Å². The maximum absolute atomic E-state index is 11.7. The molecule has 1 N–H and O–H groups in total. The monoisotopic (exact) mass is 446 g/mol. The number of nitrogens with one attached hydrogen (secondary N) is 1. The number of methoxy groups -OCH3 is 1. The van der Waals surface area contributed by atoms with E-state index < -0.39 is 5.56 Å². The molecule has 0 atom stereocenters. The van der Waals surface area contributed by atoms with Crippen LogP contribution in [-0.2, 0) is 6.61 Å². The Bertz CT molecular complexity index is 1050. The highest BCUT2D eigenvalue weighted by Gasteiger charge is 2.06. The van der Waals surface area contributed by atoms with E-state index in [4.69, 9.17) is 21.7 Å². The average molecular weight is 447 g/mol. The van der Waals surface area contributed by atoms with Crippen molar-refractivity contribution < 1.29 is 9.47 Å². The maximum atomic E-state index is 11.7. The number of H-pyrrole nitrogens is 1. The fourth-order valence-corrected chi connectivity index (χ4v) is 2.66. The van der Waals surface area contributed by atoms with Crippen molar-refractivity contribution in [3.63, 3.8) is 0 Å². The molecule has 9 heteroatoms. The second-order valence-corrected chi connectivity index (χ2v) is 6.70. The molecule has 3 aromatic rings. The van der Waals surface area contributed by atoms with Crippen molar-refractivity contribution in [2.24, 2.45) is 5.10 Å². The van der Waals surface area contributed by atoms with Gasteiger partial charge < -0.3 is 9.47 Å². The van der Waals surface area contributed by atoms with Crippen LogP contribution in [0.3, 0.4) is 0 Å². The molecule has 0 aliphatic heterocycles. The number of aromatic nitrogens is 3. The summed E-state index contributed by atoms with van der Waals surface area (Å²) in [4.78, 5) is 11.7. The molecule has 138 valence electrons. The lowest BCUT2D eigenvalue weighted by molar-refractivity contribution is 0.284. The topological polar surface area (TPSA) is 81.5 Å². The number of ether oxygens (including phenoxy) is 2. The first-order valence-corrected chi connectivity index (χ1v) is 9.03. The SMILES string of the molecule is COc1cc(/C=N/n2c(=O)cn[nH]c2=S)ccc1OCc1ccc(Br)cc1. The van der Waals surface area contributed by atoms with Crippen molar-refractivity contribution in [1.29, 1.82) is 0 Å². The van der Waals surface area contributed by atoms with Gasteiger partial charge in [0.25, 0.3) is 5.56 Å². The number of halogens is 1. The van der Waals surface area contributed by atoms with E-state index in [1.807, 2.05) is 30.3 Å². The minimum Gasteiger partial charge on any atom is -0.493 e. The second kappa shape index (κ2) is 8.74. The number of nitrogens with zero attached hydrogens (tertiary/aromatic N) is 3. The quantitative estimate of drug-likeness (QED) is 0.462. The molecule has 0 aliphatic rings. The fourth-order valence-electron chi connectivity index (χ4n) is 2.20. The molecule has 0 amide bonds. The maximum Gasteiger partial charge on any atom is 0.293 e. The molecule has 1 heterocycles. The Morgan fingerprint density at radius 3 is 2.74 bits per heavy atom. The van der Waals surface area contributed by atoms with Gasteiger partial charge in [0.1, 0.15) is 12.8 Å². The van der Waals surface area contributed by atoms with E-state index in [2.05, 4.69) is 31.2 Å². The Kier molecular flexibility index (Phi) is 6.15. The van der Waals surface area contributed by atoms with Gasteiger partial charge in [-0.25, -0.2) is 0 Å². The molecule has 0 unspecified atom stereocenters. The number of benzene rings is 2. The molecular weight excluding hydrogens is 432 g/mol. The Morgan fingerprint density at radius 2 is 2.04 bits per heavy atom. The van der Waals surface area contributed by atoms with Crippen molar-refractivity contribution in [3.05, 3.63) is 79.4 Å². The highest BCUT2D eigenvalue weighted by Crippen LogP contribution is 2.28. The molecule has 0 saturated heterocycles. The molecule has 2 aromatic carbocycles. The lowest BCUT2D eigenvalue weighted by Gasteiger charge is -2.11. The summed E-state index contributed by atoms with van der Waals surface area (Å²) >= 11 is 8.40. The Balaban J connectivity index is 1.77. The molecule has 7 nitrogen and oxygen atoms in total. The summed E-state index contributed by atoms with van der Waals surface area (Å²) in [6.45, 7) is 0.415. The second-order valence-electron chi connectivity index (χ2n) is 5.40. The van der Waals surface area contributed by atoms with Crippen LogP contribution < -0.4 is 15.0 Å². The van der Waals surface area contributed by atoms with Crippen LogP contribution in [0.1, 0.15) is 11.1 Å². The Hall–Kier alpha value is -2.78. The van der Waals surface area contributed by atoms with Crippen molar-refractivity contribution >= 4 is 34.4 Å². The Morgan fingerprint density at radius 1 is 1.26 bits per heavy atom. The van der Waals surface area contributed by atoms with Crippen LogP contribution in [0, 0.1) is 4.77 Å². The van der Waals surface area contributed by atoms with Gasteiger partial charge in [0, 0.05) is 4.47 Å². The van der Waals surface area contributed by atoms with Gasteiger partial charge in [0.05, 0.1) is 13.3 Å². The predicted molar refractivity (Wildman–Crippen MR) is 108 cm³/mol.